The van der Waals surface area contributed by atoms with Crippen LogP contribution in [-0.4, -0.2) is 20.2 Å². The zero-order valence-electron chi connectivity index (χ0n) is 12.0. The topological polar surface area (TPSA) is 55.6 Å². The zero-order valence-corrected chi connectivity index (χ0v) is 12.8. The summed E-state index contributed by atoms with van der Waals surface area (Å²) in [5, 5.41) is 14.7. The van der Waals surface area contributed by atoms with Crippen LogP contribution in [0.5, 0.6) is 0 Å². The van der Waals surface area contributed by atoms with Gasteiger partial charge in [-0.1, -0.05) is 6.92 Å². The van der Waals surface area contributed by atoms with Gasteiger partial charge in [0, 0.05) is 15.4 Å². The molecule has 0 aliphatic rings. The Morgan fingerprint density at radius 2 is 2.00 bits per heavy atom. The van der Waals surface area contributed by atoms with Crippen molar-refractivity contribution in [1.29, 1.82) is 0 Å². The predicted molar refractivity (Wildman–Crippen MR) is 84.9 cm³/mol. The van der Waals surface area contributed by atoms with Gasteiger partial charge in [0.15, 0.2) is 0 Å². The maximum absolute atomic E-state index is 3.87. The molecule has 1 aromatic carbocycles. The van der Waals surface area contributed by atoms with E-state index < -0.39 is 0 Å². The molecule has 5 nitrogen and oxygen atoms in total. The van der Waals surface area contributed by atoms with Gasteiger partial charge in [0.05, 0.1) is 11.7 Å². The van der Waals surface area contributed by atoms with Crippen molar-refractivity contribution in [3.8, 4) is 5.69 Å². The van der Waals surface area contributed by atoms with Gasteiger partial charge in [-0.15, -0.1) is 16.4 Å². The summed E-state index contributed by atoms with van der Waals surface area (Å²) in [7, 11) is 0. The highest BCUT2D eigenvalue weighted by Crippen LogP contribution is 2.26. The summed E-state index contributed by atoms with van der Waals surface area (Å²) in [5.74, 6) is 0. The van der Waals surface area contributed by atoms with Crippen LogP contribution in [0.25, 0.3) is 5.69 Å². The second-order valence-electron chi connectivity index (χ2n) is 4.82. The molecule has 6 heteroatoms. The predicted octanol–water partition coefficient (Wildman–Crippen LogP) is 3.46. The van der Waals surface area contributed by atoms with Crippen LogP contribution in [0.2, 0.25) is 0 Å². The Balaban J connectivity index is 1.70. The van der Waals surface area contributed by atoms with E-state index in [4.69, 9.17) is 0 Å². The van der Waals surface area contributed by atoms with Gasteiger partial charge >= 0.3 is 0 Å². The van der Waals surface area contributed by atoms with E-state index in [1.54, 1.807) is 11.0 Å². The number of anilines is 1. The van der Waals surface area contributed by atoms with Gasteiger partial charge in [-0.25, -0.2) is 4.68 Å². The van der Waals surface area contributed by atoms with Crippen LogP contribution in [0.4, 0.5) is 5.69 Å². The van der Waals surface area contributed by atoms with E-state index in [-0.39, 0.29) is 0 Å². The number of nitrogens with one attached hydrogen (secondary N) is 1. The minimum atomic E-state index is 0.300. The number of tetrazole rings is 1. The van der Waals surface area contributed by atoms with Crippen LogP contribution >= 0.6 is 11.3 Å². The molecule has 0 aliphatic carbocycles. The van der Waals surface area contributed by atoms with Gasteiger partial charge in [-0.2, -0.15) is 0 Å². The molecule has 1 unspecified atom stereocenters. The van der Waals surface area contributed by atoms with E-state index >= 15 is 0 Å². The van der Waals surface area contributed by atoms with Gasteiger partial charge in [0.25, 0.3) is 0 Å². The average Bonchev–Trinajstić information content (AvgIpc) is 3.19. The lowest BCUT2D eigenvalue weighted by Gasteiger charge is -2.14. The molecule has 0 amide bonds. The van der Waals surface area contributed by atoms with Crippen molar-refractivity contribution < 1.29 is 0 Å². The summed E-state index contributed by atoms with van der Waals surface area (Å²) in [6.07, 6.45) is 2.68. The highest BCUT2D eigenvalue weighted by molar-refractivity contribution is 7.12. The third-order valence-electron chi connectivity index (χ3n) is 3.32. The second-order valence-corrected chi connectivity index (χ2v) is 6.02. The fourth-order valence-electron chi connectivity index (χ4n) is 2.13. The number of benzene rings is 1. The van der Waals surface area contributed by atoms with Crippen LogP contribution in [0, 0.1) is 0 Å². The quantitative estimate of drug-likeness (QED) is 0.784. The van der Waals surface area contributed by atoms with Crippen molar-refractivity contribution in [1.82, 2.24) is 20.2 Å². The lowest BCUT2D eigenvalue weighted by molar-refractivity contribution is 0.789. The lowest BCUT2D eigenvalue weighted by atomic mass is 10.2. The summed E-state index contributed by atoms with van der Waals surface area (Å²) in [6, 6.07) is 12.8. The first-order valence-electron chi connectivity index (χ1n) is 6.95. The molecular weight excluding hydrogens is 282 g/mol. The SMILES string of the molecule is CCc1ccc(C(C)Nc2ccc(-n3cnnn3)cc2)s1. The van der Waals surface area contributed by atoms with Gasteiger partial charge in [0.2, 0.25) is 0 Å². The van der Waals surface area contributed by atoms with Crippen molar-refractivity contribution in [2.75, 3.05) is 5.32 Å². The van der Waals surface area contributed by atoms with E-state index in [0.717, 1.165) is 17.8 Å². The van der Waals surface area contributed by atoms with Crippen molar-refractivity contribution in [2.24, 2.45) is 0 Å². The molecule has 1 N–H and O–H groups in total. The minimum absolute atomic E-state index is 0.300. The Bertz CT molecular complexity index is 687. The van der Waals surface area contributed by atoms with E-state index in [9.17, 15) is 0 Å². The fourth-order valence-corrected chi connectivity index (χ4v) is 3.08. The molecule has 2 heterocycles. The van der Waals surface area contributed by atoms with Gasteiger partial charge in [-0.05, 0) is 60.2 Å². The number of aromatic nitrogens is 4. The third kappa shape index (κ3) is 3.11. The van der Waals surface area contributed by atoms with Gasteiger partial charge < -0.3 is 5.32 Å². The van der Waals surface area contributed by atoms with Crippen molar-refractivity contribution in [3.05, 3.63) is 52.5 Å². The second kappa shape index (κ2) is 6.05. The first kappa shape index (κ1) is 13.8. The largest absolute Gasteiger partial charge is 0.378 e. The average molecular weight is 299 g/mol. The van der Waals surface area contributed by atoms with Crippen LogP contribution in [-0.2, 0) is 6.42 Å². The highest BCUT2D eigenvalue weighted by atomic mass is 32.1. The third-order valence-corrected chi connectivity index (χ3v) is 4.73. The molecule has 0 spiro atoms. The molecule has 108 valence electrons. The first-order valence-corrected chi connectivity index (χ1v) is 7.76. The molecule has 0 fully saturated rings. The molecule has 21 heavy (non-hydrogen) atoms. The normalized spacial score (nSPS) is 12.3. The number of nitrogens with zero attached hydrogens (tertiary/aromatic N) is 4. The van der Waals surface area contributed by atoms with Crippen molar-refractivity contribution >= 4 is 17.0 Å². The highest BCUT2D eigenvalue weighted by Gasteiger charge is 2.08. The van der Waals surface area contributed by atoms with Crippen LogP contribution in [0.15, 0.2) is 42.7 Å². The lowest BCUT2D eigenvalue weighted by Crippen LogP contribution is -2.05. The first-order chi connectivity index (χ1) is 10.3. The standard InChI is InChI=1S/C15H17N5S/c1-3-14-8-9-15(21-14)11(2)17-12-4-6-13(7-5-12)20-10-16-18-19-20/h4-11,17H,3H2,1-2H3. The number of hydrogen-bond acceptors (Lipinski definition) is 5. The van der Waals surface area contributed by atoms with E-state index in [1.807, 2.05) is 35.6 Å². The molecule has 0 bridgehead atoms. The Morgan fingerprint density at radius 1 is 1.19 bits per heavy atom. The van der Waals surface area contributed by atoms with Crippen LogP contribution in [0.3, 0.4) is 0 Å². The van der Waals surface area contributed by atoms with Crippen molar-refractivity contribution in [3.63, 3.8) is 0 Å². The van der Waals surface area contributed by atoms with Crippen molar-refractivity contribution in [2.45, 2.75) is 26.3 Å². The molecule has 0 aliphatic heterocycles. The maximum Gasteiger partial charge on any atom is 0.143 e. The number of hydrogen-bond donors (Lipinski definition) is 1. The van der Waals surface area contributed by atoms with E-state index in [1.165, 1.54) is 9.75 Å². The maximum atomic E-state index is 3.87. The number of rotatable bonds is 5. The molecule has 3 rings (SSSR count). The van der Waals surface area contributed by atoms with Crippen LogP contribution < -0.4 is 5.32 Å². The summed E-state index contributed by atoms with van der Waals surface area (Å²) in [6.45, 7) is 4.37. The van der Waals surface area contributed by atoms with Gasteiger partial charge in [-0.3, -0.25) is 0 Å². The molecular formula is C15H17N5S. The van der Waals surface area contributed by atoms with E-state index in [0.29, 0.717) is 6.04 Å². The van der Waals surface area contributed by atoms with Gasteiger partial charge in [0.1, 0.15) is 6.33 Å². The Kier molecular flexibility index (Phi) is 3.96. The number of aryl methyl sites for hydroxylation is 1. The summed E-state index contributed by atoms with van der Waals surface area (Å²) >= 11 is 1.87. The molecule has 0 saturated carbocycles. The molecule has 0 saturated heterocycles. The Hall–Kier alpha value is -2.21. The summed E-state index contributed by atoms with van der Waals surface area (Å²) in [5.41, 5.74) is 2.04. The smallest absolute Gasteiger partial charge is 0.143 e. The monoisotopic (exact) mass is 299 g/mol. The fraction of sp³-hybridized carbons (Fsp3) is 0.267. The number of thiophene rings is 1. The molecule has 3 aromatic rings. The molecule has 2 aromatic heterocycles. The minimum Gasteiger partial charge on any atom is -0.378 e. The molecule has 0 radical (unpaired) electrons. The summed E-state index contributed by atoms with van der Waals surface area (Å²) in [4.78, 5) is 2.78. The van der Waals surface area contributed by atoms with Crippen LogP contribution in [0.1, 0.15) is 29.6 Å². The summed E-state index contributed by atoms with van der Waals surface area (Å²) < 4.78 is 1.64. The van der Waals surface area contributed by atoms with E-state index in [2.05, 4.69) is 46.8 Å². The Labute approximate surface area is 127 Å². The Morgan fingerprint density at radius 3 is 2.62 bits per heavy atom. The molecule has 1 atom stereocenters. The zero-order chi connectivity index (χ0) is 14.7.